The Morgan fingerprint density at radius 2 is 1.85 bits per heavy atom. The lowest BCUT2D eigenvalue weighted by atomic mass is 10.2. The fourth-order valence-electron chi connectivity index (χ4n) is 2.72. The summed E-state index contributed by atoms with van der Waals surface area (Å²) in [6.45, 7) is 0. The Labute approximate surface area is 158 Å². The summed E-state index contributed by atoms with van der Waals surface area (Å²) in [5.74, 6) is -0.334. The van der Waals surface area contributed by atoms with Gasteiger partial charge in [-0.1, -0.05) is 23.9 Å². The highest BCUT2D eigenvalue weighted by Gasteiger charge is 2.31. The van der Waals surface area contributed by atoms with E-state index < -0.39 is 0 Å². The molecule has 27 heavy (non-hydrogen) atoms. The van der Waals surface area contributed by atoms with Gasteiger partial charge < -0.3 is 5.32 Å². The zero-order chi connectivity index (χ0) is 18.8. The van der Waals surface area contributed by atoms with Gasteiger partial charge in [0.1, 0.15) is 11.6 Å². The van der Waals surface area contributed by atoms with Crippen molar-refractivity contribution in [3.8, 4) is 11.4 Å². The van der Waals surface area contributed by atoms with Gasteiger partial charge in [-0.15, -0.1) is 10.2 Å². The maximum Gasteiger partial charge on any atom is 0.234 e. The summed E-state index contributed by atoms with van der Waals surface area (Å²) >= 11 is 1.25. The number of aromatic nitrogens is 3. The molecule has 2 aromatic carbocycles. The molecule has 1 N–H and O–H groups in total. The highest BCUT2D eigenvalue weighted by Crippen LogP contribution is 2.41. The van der Waals surface area contributed by atoms with Crippen LogP contribution >= 0.6 is 11.8 Å². The van der Waals surface area contributed by atoms with E-state index in [-0.39, 0.29) is 29.3 Å². The normalized spacial score (nSPS) is 13.6. The standard InChI is InChI=1S/C19H16F2N4OS/c20-12-5-7-13(8-6-12)22-17(26)11-27-19-24-23-18(25(19)14-9-10-14)15-3-1-2-4-16(15)21/h1-8,14H,9-11H2,(H,22,26). The Balaban J connectivity index is 1.49. The second-order valence-corrected chi connectivity index (χ2v) is 7.17. The molecule has 1 aromatic heterocycles. The first-order valence-corrected chi connectivity index (χ1v) is 9.48. The number of carbonyl (C=O) groups is 1. The van der Waals surface area contributed by atoms with Gasteiger partial charge in [-0.05, 0) is 49.2 Å². The molecule has 1 aliphatic rings. The minimum atomic E-state index is -0.361. The van der Waals surface area contributed by atoms with Crippen LogP contribution in [0, 0.1) is 11.6 Å². The Bertz CT molecular complexity index is 970. The van der Waals surface area contributed by atoms with Crippen molar-refractivity contribution in [1.29, 1.82) is 0 Å². The van der Waals surface area contributed by atoms with Gasteiger partial charge in [0.15, 0.2) is 11.0 Å². The van der Waals surface area contributed by atoms with Gasteiger partial charge >= 0.3 is 0 Å². The molecular formula is C19H16F2N4OS. The van der Waals surface area contributed by atoms with Crippen molar-refractivity contribution in [2.45, 2.75) is 24.0 Å². The molecule has 0 saturated heterocycles. The predicted octanol–water partition coefficient (Wildman–Crippen LogP) is 4.29. The Kier molecular flexibility index (Phi) is 4.89. The quantitative estimate of drug-likeness (QED) is 0.642. The van der Waals surface area contributed by atoms with E-state index in [9.17, 15) is 13.6 Å². The molecule has 8 heteroatoms. The van der Waals surface area contributed by atoms with Crippen molar-refractivity contribution in [3.63, 3.8) is 0 Å². The van der Waals surface area contributed by atoms with Crippen LogP contribution in [0.3, 0.4) is 0 Å². The molecule has 1 fully saturated rings. The average molecular weight is 386 g/mol. The van der Waals surface area contributed by atoms with Crippen LogP contribution in [0.2, 0.25) is 0 Å². The second kappa shape index (κ2) is 7.48. The summed E-state index contributed by atoms with van der Waals surface area (Å²) < 4.78 is 29.0. The monoisotopic (exact) mass is 386 g/mol. The van der Waals surface area contributed by atoms with Gasteiger partial charge in [-0.25, -0.2) is 8.78 Å². The molecule has 1 saturated carbocycles. The highest BCUT2D eigenvalue weighted by atomic mass is 32.2. The molecule has 0 atom stereocenters. The molecule has 1 aliphatic carbocycles. The van der Waals surface area contributed by atoms with Crippen LogP contribution in [-0.2, 0) is 4.79 Å². The number of hydrogen-bond donors (Lipinski definition) is 1. The summed E-state index contributed by atoms with van der Waals surface area (Å²) in [6, 6.07) is 12.3. The van der Waals surface area contributed by atoms with Gasteiger partial charge in [-0.3, -0.25) is 9.36 Å². The SMILES string of the molecule is O=C(CSc1nnc(-c2ccccc2F)n1C1CC1)Nc1ccc(F)cc1. The van der Waals surface area contributed by atoms with E-state index in [1.54, 1.807) is 18.2 Å². The summed E-state index contributed by atoms with van der Waals surface area (Å²) in [4.78, 5) is 12.2. The number of amides is 1. The lowest BCUT2D eigenvalue weighted by Gasteiger charge is -2.09. The third-order valence-corrected chi connectivity index (χ3v) is 5.09. The molecule has 0 radical (unpaired) electrons. The van der Waals surface area contributed by atoms with Gasteiger partial charge in [0, 0.05) is 11.7 Å². The summed E-state index contributed by atoms with van der Waals surface area (Å²) in [7, 11) is 0. The fraction of sp³-hybridized carbons (Fsp3) is 0.211. The highest BCUT2D eigenvalue weighted by molar-refractivity contribution is 7.99. The summed E-state index contributed by atoms with van der Waals surface area (Å²) in [5.41, 5.74) is 0.928. The molecule has 0 bridgehead atoms. The average Bonchev–Trinajstić information content (AvgIpc) is 3.42. The van der Waals surface area contributed by atoms with E-state index in [1.807, 2.05) is 4.57 Å². The van der Waals surface area contributed by atoms with Crippen LogP contribution < -0.4 is 5.32 Å². The van der Waals surface area contributed by atoms with Gasteiger partial charge in [0.25, 0.3) is 0 Å². The van der Waals surface area contributed by atoms with Crippen LogP contribution in [0.5, 0.6) is 0 Å². The van der Waals surface area contributed by atoms with Gasteiger partial charge in [0.05, 0.1) is 11.3 Å². The minimum absolute atomic E-state index is 0.125. The second-order valence-electron chi connectivity index (χ2n) is 6.23. The van der Waals surface area contributed by atoms with Crippen molar-refractivity contribution in [2.75, 3.05) is 11.1 Å². The van der Waals surface area contributed by atoms with E-state index in [4.69, 9.17) is 0 Å². The first-order valence-electron chi connectivity index (χ1n) is 8.50. The third-order valence-electron chi connectivity index (χ3n) is 4.15. The van der Waals surface area contributed by atoms with Gasteiger partial charge in [0.2, 0.25) is 5.91 Å². The molecule has 1 heterocycles. The number of halogens is 2. The predicted molar refractivity (Wildman–Crippen MR) is 99.4 cm³/mol. The Hall–Kier alpha value is -2.74. The molecule has 3 aromatic rings. The zero-order valence-electron chi connectivity index (χ0n) is 14.2. The number of anilines is 1. The number of nitrogens with one attached hydrogen (secondary N) is 1. The first-order chi connectivity index (χ1) is 13.1. The van der Waals surface area contributed by atoms with E-state index in [2.05, 4.69) is 15.5 Å². The third kappa shape index (κ3) is 4.00. The van der Waals surface area contributed by atoms with Crippen molar-refractivity contribution >= 4 is 23.4 Å². The largest absolute Gasteiger partial charge is 0.325 e. The number of hydrogen-bond acceptors (Lipinski definition) is 4. The maximum atomic E-state index is 14.2. The lowest BCUT2D eigenvalue weighted by molar-refractivity contribution is -0.113. The Morgan fingerprint density at radius 1 is 1.11 bits per heavy atom. The molecule has 5 nitrogen and oxygen atoms in total. The van der Waals surface area contributed by atoms with Crippen LogP contribution in [0.15, 0.2) is 53.7 Å². The molecular weight excluding hydrogens is 370 g/mol. The lowest BCUT2D eigenvalue weighted by Crippen LogP contribution is -2.14. The van der Waals surface area contributed by atoms with Crippen LogP contribution in [0.4, 0.5) is 14.5 Å². The number of carbonyl (C=O) groups excluding carboxylic acids is 1. The van der Waals surface area contributed by atoms with E-state index in [0.29, 0.717) is 22.2 Å². The molecule has 1 amide bonds. The maximum absolute atomic E-state index is 14.2. The van der Waals surface area contributed by atoms with E-state index in [0.717, 1.165) is 12.8 Å². The van der Waals surface area contributed by atoms with Crippen molar-refractivity contribution in [3.05, 3.63) is 60.2 Å². The topological polar surface area (TPSA) is 59.8 Å². The van der Waals surface area contributed by atoms with Crippen molar-refractivity contribution in [1.82, 2.24) is 14.8 Å². The Morgan fingerprint density at radius 3 is 2.56 bits per heavy atom. The smallest absolute Gasteiger partial charge is 0.234 e. The molecule has 0 unspecified atom stereocenters. The van der Waals surface area contributed by atoms with E-state index >= 15 is 0 Å². The molecule has 0 spiro atoms. The molecule has 0 aliphatic heterocycles. The minimum Gasteiger partial charge on any atom is -0.325 e. The number of thioether (sulfide) groups is 1. The van der Waals surface area contributed by atoms with Gasteiger partial charge in [-0.2, -0.15) is 0 Å². The van der Waals surface area contributed by atoms with Crippen molar-refractivity contribution in [2.24, 2.45) is 0 Å². The number of nitrogens with zero attached hydrogens (tertiary/aromatic N) is 3. The summed E-state index contributed by atoms with van der Waals surface area (Å²) in [5, 5.41) is 11.6. The van der Waals surface area contributed by atoms with Crippen LogP contribution in [-0.4, -0.2) is 26.4 Å². The fourth-order valence-corrected chi connectivity index (χ4v) is 3.53. The molecule has 138 valence electrons. The van der Waals surface area contributed by atoms with Crippen LogP contribution in [0.25, 0.3) is 11.4 Å². The van der Waals surface area contributed by atoms with Crippen molar-refractivity contribution < 1.29 is 13.6 Å². The number of rotatable bonds is 6. The van der Waals surface area contributed by atoms with Crippen LogP contribution in [0.1, 0.15) is 18.9 Å². The zero-order valence-corrected chi connectivity index (χ0v) is 15.0. The number of benzene rings is 2. The summed E-state index contributed by atoms with van der Waals surface area (Å²) in [6.07, 6.45) is 1.96. The van der Waals surface area contributed by atoms with E-state index in [1.165, 1.54) is 42.1 Å². The molecule has 4 rings (SSSR count). The first kappa shape index (κ1) is 17.7.